The van der Waals surface area contributed by atoms with Crippen molar-refractivity contribution in [1.29, 1.82) is 0 Å². The van der Waals surface area contributed by atoms with Crippen molar-refractivity contribution in [3.8, 4) is 0 Å². The van der Waals surface area contributed by atoms with Gasteiger partial charge in [0.05, 0.1) is 11.6 Å². The van der Waals surface area contributed by atoms with Crippen LogP contribution in [0, 0.1) is 30.1 Å². The number of likely N-dealkylation sites (N-methyl/N-ethyl adjacent to an activating group) is 1. The predicted octanol–water partition coefficient (Wildman–Crippen LogP) is 9.82. The number of aryl methyl sites for hydroxylation is 1. The first-order valence-electron chi connectivity index (χ1n) is 15.5. The Bertz CT molecular complexity index is 1110. The summed E-state index contributed by atoms with van der Waals surface area (Å²) in [5, 5.41) is 0. The smallest absolute Gasteiger partial charge is 0.0617 e. The van der Waals surface area contributed by atoms with Gasteiger partial charge in [-0.2, -0.15) is 0 Å². The first kappa shape index (κ1) is 27.8. The van der Waals surface area contributed by atoms with Gasteiger partial charge in [0.1, 0.15) is 0 Å². The summed E-state index contributed by atoms with van der Waals surface area (Å²) < 4.78 is 5.91. The quantitative estimate of drug-likeness (QED) is 0.308. The Morgan fingerprint density at radius 2 is 1.58 bits per heavy atom. The third-order valence-corrected chi connectivity index (χ3v) is 10.5. The van der Waals surface area contributed by atoms with Gasteiger partial charge in [0.2, 0.25) is 0 Å². The fourth-order valence-electron chi connectivity index (χ4n) is 8.86. The molecule has 1 saturated carbocycles. The molecule has 0 saturated heterocycles. The van der Waals surface area contributed by atoms with Crippen molar-refractivity contribution in [3.63, 3.8) is 0 Å². The van der Waals surface area contributed by atoms with E-state index in [1.54, 1.807) is 16.7 Å². The van der Waals surface area contributed by atoms with Gasteiger partial charge >= 0.3 is 0 Å². The van der Waals surface area contributed by atoms with E-state index >= 15 is 0 Å². The van der Waals surface area contributed by atoms with Crippen molar-refractivity contribution in [2.45, 2.75) is 117 Å². The molecule has 0 aromatic heterocycles. The van der Waals surface area contributed by atoms with Crippen molar-refractivity contribution in [1.82, 2.24) is 0 Å². The maximum atomic E-state index is 5.91. The van der Waals surface area contributed by atoms with Crippen molar-refractivity contribution >= 4 is 5.69 Å². The molecule has 208 valence electrons. The summed E-state index contributed by atoms with van der Waals surface area (Å²) in [5.74, 6) is 3.61. The van der Waals surface area contributed by atoms with Crippen LogP contribution in [0.15, 0.2) is 42.5 Å². The molecule has 6 atom stereocenters. The Balaban J connectivity index is 1.28. The lowest BCUT2D eigenvalue weighted by atomic mass is 9.61. The van der Waals surface area contributed by atoms with Gasteiger partial charge in [-0.1, -0.05) is 88.4 Å². The van der Waals surface area contributed by atoms with Gasteiger partial charge in [0.15, 0.2) is 0 Å². The number of hydrogen-bond acceptors (Lipinski definition) is 2. The van der Waals surface area contributed by atoms with Gasteiger partial charge in [-0.05, 0) is 98.8 Å². The Labute approximate surface area is 233 Å². The summed E-state index contributed by atoms with van der Waals surface area (Å²) in [4.78, 5) is 2.59. The van der Waals surface area contributed by atoms with Gasteiger partial charge in [-0.3, -0.25) is 0 Å². The Morgan fingerprint density at radius 1 is 0.868 bits per heavy atom. The van der Waals surface area contributed by atoms with E-state index in [9.17, 15) is 0 Å². The molecular formula is C36H53NO. The second-order valence-electron chi connectivity index (χ2n) is 14.7. The van der Waals surface area contributed by atoms with Crippen LogP contribution >= 0.6 is 0 Å². The molecule has 2 nitrogen and oxygen atoms in total. The van der Waals surface area contributed by atoms with Gasteiger partial charge in [-0.15, -0.1) is 0 Å². The average molecular weight is 516 g/mol. The van der Waals surface area contributed by atoms with Crippen molar-refractivity contribution < 1.29 is 4.74 Å². The fourth-order valence-corrected chi connectivity index (χ4v) is 8.86. The molecule has 0 N–H and O–H groups in total. The van der Waals surface area contributed by atoms with Gasteiger partial charge in [-0.25, -0.2) is 0 Å². The first-order chi connectivity index (χ1) is 18.0. The van der Waals surface area contributed by atoms with Crippen LogP contribution < -0.4 is 4.90 Å². The highest BCUT2D eigenvalue weighted by Gasteiger charge is 2.56. The van der Waals surface area contributed by atoms with E-state index in [0.717, 1.165) is 24.4 Å². The Kier molecular flexibility index (Phi) is 7.77. The highest BCUT2D eigenvalue weighted by atomic mass is 16.5. The highest BCUT2D eigenvalue weighted by Crippen LogP contribution is 2.67. The Morgan fingerprint density at radius 3 is 2.32 bits per heavy atom. The molecule has 0 bridgehead atoms. The summed E-state index contributed by atoms with van der Waals surface area (Å²) >= 11 is 0. The van der Waals surface area contributed by atoms with Crippen LogP contribution in [-0.4, -0.2) is 19.3 Å². The maximum absolute atomic E-state index is 5.91. The zero-order valence-electron chi connectivity index (χ0n) is 25.5. The van der Waals surface area contributed by atoms with Crippen LogP contribution in [0.3, 0.4) is 0 Å². The minimum Gasteiger partial charge on any atom is -0.376 e. The van der Waals surface area contributed by atoms with Crippen molar-refractivity contribution in [3.05, 3.63) is 64.7 Å². The minimum absolute atomic E-state index is 0.00350. The predicted molar refractivity (Wildman–Crippen MR) is 162 cm³/mol. The molecule has 1 heterocycles. The number of hydrogen-bond donors (Lipinski definition) is 0. The van der Waals surface area contributed by atoms with Crippen molar-refractivity contribution in [2.75, 3.05) is 18.6 Å². The molecule has 2 aliphatic carbocycles. The van der Waals surface area contributed by atoms with Crippen LogP contribution in [0.25, 0.3) is 0 Å². The minimum atomic E-state index is -0.00350. The van der Waals surface area contributed by atoms with Gasteiger partial charge in [0, 0.05) is 25.3 Å². The van der Waals surface area contributed by atoms with Crippen LogP contribution in [0.2, 0.25) is 0 Å². The second-order valence-corrected chi connectivity index (χ2v) is 14.7. The molecule has 0 spiro atoms. The van der Waals surface area contributed by atoms with Crippen LogP contribution in [0.4, 0.5) is 5.69 Å². The number of benzene rings is 2. The molecule has 0 radical (unpaired) electrons. The first-order valence-corrected chi connectivity index (χ1v) is 15.5. The zero-order chi connectivity index (χ0) is 27.2. The number of nitrogens with zero attached hydrogens (tertiary/aromatic N) is 1. The van der Waals surface area contributed by atoms with Crippen LogP contribution in [0.5, 0.6) is 0 Å². The van der Waals surface area contributed by atoms with E-state index in [-0.39, 0.29) is 11.0 Å². The molecule has 2 aromatic rings. The third-order valence-electron chi connectivity index (χ3n) is 10.5. The SMILES string of the molecule is Cc1ccc2c(c1)C1C(c3ccccc3C1C(C)(C)C1CC(CCCCCCOC(C)(C)C)CC1C)N2C. The molecule has 1 aliphatic heterocycles. The second kappa shape index (κ2) is 10.6. The van der Waals surface area contributed by atoms with Crippen LogP contribution in [-0.2, 0) is 4.74 Å². The molecule has 3 aliphatic rings. The van der Waals surface area contributed by atoms with E-state index in [1.165, 1.54) is 56.2 Å². The summed E-state index contributed by atoms with van der Waals surface area (Å²) in [6, 6.07) is 17.1. The molecule has 1 fully saturated rings. The lowest BCUT2D eigenvalue weighted by Crippen LogP contribution is -2.35. The number of unbranched alkanes of at least 4 members (excludes halogenated alkanes) is 3. The largest absolute Gasteiger partial charge is 0.376 e. The van der Waals surface area contributed by atoms with Gasteiger partial charge in [0.25, 0.3) is 0 Å². The lowest BCUT2D eigenvalue weighted by molar-refractivity contribution is -0.00476. The number of fused-ring (bicyclic) bond motifs is 5. The van der Waals surface area contributed by atoms with Crippen LogP contribution in [0.1, 0.15) is 127 Å². The van der Waals surface area contributed by atoms with E-state index < -0.39 is 0 Å². The van der Waals surface area contributed by atoms with E-state index in [2.05, 4.69) is 103 Å². The summed E-state index contributed by atoms with van der Waals surface area (Å²) in [7, 11) is 2.33. The molecule has 38 heavy (non-hydrogen) atoms. The maximum Gasteiger partial charge on any atom is 0.0617 e. The number of anilines is 1. The number of ether oxygens (including phenoxy) is 1. The fraction of sp³-hybridized carbons (Fsp3) is 0.667. The van der Waals surface area contributed by atoms with E-state index in [0.29, 0.717) is 17.9 Å². The average Bonchev–Trinajstić information content (AvgIpc) is 3.48. The van der Waals surface area contributed by atoms with Crippen molar-refractivity contribution in [2.24, 2.45) is 23.2 Å². The topological polar surface area (TPSA) is 12.5 Å². The summed E-state index contributed by atoms with van der Waals surface area (Å²) in [5.41, 5.74) is 7.89. The van der Waals surface area contributed by atoms with E-state index in [4.69, 9.17) is 4.74 Å². The third kappa shape index (κ3) is 5.19. The molecular weight excluding hydrogens is 462 g/mol. The monoisotopic (exact) mass is 515 g/mol. The zero-order valence-corrected chi connectivity index (χ0v) is 25.5. The summed E-state index contributed by atoms with van der Waals surface area (Å²) in [6.07, 6.45) is 9.49. The molecule has 2 aromatic carbocycles. The molecule has 0 amide bonds. The van der Waals surface area contributed by atoms with E-state index in [1.807, 2.05) is 0 Å². The summed E-state index contributed by atoms with van der Waals surface area (Å²) in [6.45, 7) is 17.4. The normalized spacial score (nSPS) is 28.5. The number of rotatable bonds is 9. The molecule has 6 unspecified atom stereocenters. The molecule has 5 rings (SSSR count). The highest BCUT2D eigenvalue weighted by molar-refractivity contribution is 5.68. The van der Waals surface area contributed by atoms with Gasteiger partial charge < -0.3 is 9.64 Å². The molecule has 2 heteroatoms. The lowest BCUT2D eigenvalue weighted by Gasteiger charge is -2.43. The Hall–Kier alpha value is -1.80. The standard InChI is InChI=1S/C36H53NO/c1-24-18-19-31-29(21-24)32-33(27-16-12-13-17-28(27)34(32)37(31)8)36(6,7)30-23-26(22-25(30)2)15-11-9-10-14-20-38-35(3,4)5/h12-13,16-19,21,25-26,30,32-34H,9-11,14-15,20,22-23H2,1-8H3.